The van der Waals surface area contributed by atoms with Crippen LogP contribution in [0.1, 0.15) is 11.1 Å². The van der Waals surface area contributed by atoms with Crippen LogP contribution in [0, 0.1) is 21.4 Å². The van der Waals surface area contributed by atoms with Gasteiger partial charge in [0.1, 0.15) is 5.75 Å². The van der Waals surface area contributed by atoms with Crippen molar-refractivity contribution in [1.29, 1.82) is 5.26 Å². The van der Waals surface area contributed by atoms with Crippen LogP contribution in [-0.4, -0.2) is 23.7 Å². The Morgan fingerprint density at radius 2 is 1.92 bits per heavy atom. The number of hydrogen-bond donors (Lipinski definition) is 1. The van der Waals surface area contributed by atoms with Crippen LogP contribution in [0.3, 0.4) is 0 Å². The summed E-state index contributed by atoms with van der Waals surface area (Å²) in [4.78, 5) is 21.6. The third-order valence-electron chi connectivity index (χ3n) is 2.86. The van der Waals surface area contributed by atoms with Crippen molar-refractivity contribution in [2.24, 2.45) is 5.10 Å². The van der Waals surface area contributed by atoms with Gasteiger partial charge in [0.15, 0.2) is 6.61 Å². The Morgan fingerprint density at radius 1 is 1.25 bits per heavy atom. The Balaban J connectivity index is 1.79. The SMILES string of the molecule is N#Cc1ccc(/C=N/NC(=O)COc2ccc([N+](=O)[O-])cc2)cc1. The van der Waals surface area contributed by atoms with Crippen LogP contribution in [-0.2, 0) is 4.79 Å². The number of nitro benzene ring substituents is 1. The smallest absolute Gasteiger partial charge is 0.277 e. The molecular weight excluding hydrogens is 312 g/mol. The first-order valence-corrected chi connectivity index (χ1v) is 6.78. The molecule has 0 heterocycles. The third-order valence-corrected chi connectivity index (χ3v) is 2.86. The number of benzene rings is 2. The topological polar surface area (TPSA) is 118 Å². The van der Waals surface area contributed by atoms with Crippen molar-refractivity contribution in [2.75, 3.05) is 6.61 Å². The van der Waals surface area contributed by atoms with E-state index in [0.29, 0.717) is 11.3 Å². The number of nitrogens with zero attached hydrogens (tertiary/aromatic N) is 3. The standard InChI is InChI=1S/C16H12N4O4/c17-9-12-1-3-13(4-2-12)10-18-19-16(21)11-24-15-7-5-14(6-8-15)20(22)23/h1-8,10H,11H2,(H,19,21)/b18-10+. The molecule has 2 rings (SSSR count). The molecule has 0 spiro atoms. The summed E-state index contributed by atoms with van der Waals surface area (Å²) < 4.78 is 5.19. The summed E-state index contributed by atoms with van der Waals surface area (Å²) in [5.74, 6) is -0.134. The normalized spacial score (nSPS) is 10.1. The number of ether oxygens (including phenoxy) is 1. The number of carbonyl (C=O) groups excluding carboxylic acids is 1. The van der Waals surface area contributed by atoms with Gasteiger partial charge in [0.05, 0.1) is 22.8 Å². The van der Waals surface area contributed by atoms with Crippen molar-refractivity contribution < 1.29 is 14.5 Å². The molecule has 0 saturated carbocycles. The maximum Gasteiger partial charge on any atom is 0.277 e. The lowest BCUT2D eigenvalue weighted by Crippen LogP contribution is -2.24. The number of rotatable bonds is 6. The lowest BCUT2D eigenvalue weighted by molar-refractivity contribution is -0.384. The predicted molar refractivity (Wildman–Crippen MR) is 85.5 cm³/mol. The summed E-state index contributed by atoms with van der Waals surface area (Å²) in [6, 6.07) is 14.1. The largest absolute Gasteiger partial charge is 0.484 e. The third kappa shape index (κ3) is 4.92. The number of nitrogens with one attached hydrogen (secondary N) is 1. The summed E-state index contributed by atoms with van der Waals surface area (Å²) in [5, 5.41) is 23.0. The number of hydrogen-bond acceptors (Lipinski definition) is 6. The van der Waals surface area contributed by atoms with Crippen molar-refractivity contribution in [3.63, 3.8) is 0 Å². The summed E-state index contributed by atoms with van der Waals surface area (Å²) >= 11 is 0. The van der Waals surface area contributed by atoms with Crippen molar-refractivity contribution in [3.8, 4) is 11.8 Å². The van der Waals surface area contributed by atoms with E-state index in [1.165, 1.54) is 30.5 Å². The Morgan fingerprint density at radius 3 is 2.50 bits per heavy atom. The highest BCUT2D eigenvalue weighted by Gasteiger charge is 2.06. The van der Waals surface area contributed by atoms with Gasteiger partial charge in [-0.3, -0.25) is 14.9 Å². The molecule has 0 fully saturated rings. The fourth-order valence-electron chi connectivity index (χ4n) is 1.67. The van der Waals surface area contributed by atoms with Crippen LogP contribution >= 0.6 is 0 Å². The molecule has 8 nitrogen and oxygen atoms in total. The van der Waals surface area contributed by atoms with Gasteiger partial charge in [-0.2, -0.15) is 10.4 Å². The van der Waals surface area contributed by atoms with E-state index in [4.69, 9.17) is 10.00 Å². The zero-order valence-electron chi connectivity index (χ0n) is 12.4. The Hall–Kier alpha value is -3.73. The van der Waals surface area contributed by atoms with Gasteiger partial charge in [-0.05, 0) is 29.8 Å². The van der Waals surface area contributed by atoms with Gasteiger partial charge < -0.3 is 4.74 Å². The molecule has 1 amide bonds. The van der Waals surface area contributed by atoms with Gasteiger partial charge in [0.25, 0.3) is 11.6 Å². The van der Waals surface area contributed by atoms with Crippen LogP contribution in [0.5, 0.6) is 5.75 Å². The van der Waals surface area contributed by atoms with Crippen LogP contribution in [0.4, 0.5) is 5.69 Å². The molecule has 8 heteroatoms. The zero-order valence-corrected chi connectivity index (χ0v) is 12.4. The van der Waals surface area contributed by atoms with E-state index in [0.717, 1.165) is 5.56 Å². The van der Waals surface area contributed by atoms with Gasteiger partial charge in [0, 0.05) is 12.1 Å². The van der Waals surface area contributed by atoms with E-state index in [-0.39, 0.29) is 12.3 Å². The lowest BCUT2D eigenvalue weighted by Gasteiger charge is -2.04. The van der Waals surface area contributed by atoms with Crippen molar-refractivity contribution in [1.82, 2.24) is 5.43 Å². The minimum absolute atomic E-state index is 0.0566. The Bertz CT molecular complexity index is 792. The number of nitriles is 1. The molecule has 0 aromatic heterocycles. The molecule has 0 saturated heterocycles. The van der Waals surface area contributed by atoms with E-state index in [1.54, 1.807) is 24.3 Å². The minimum Gasteiger partial charge on any atom is -0.484 e. The average molecular weight is 324 g/mol. The van der Waals surface area contributed by atoms with E-state index in [2.05, 4.69) is 10.5 Å². The molecule has 1 N–H and O–H groups in total. The number of amides is 1. The van der Waals surface area contributed by atoms with Gasteiger partial charge in [-0.25, -0.2) is 5.43 Å². The quantitative estimate of drug-likeness (QED) is 0.495. The zero-order chi connectivity index (χ0) is 17.4. The maximum absolute atomic E-state index is 11.6. The monoisotopic (exact) mass is 324 g/mol. The summed E-state index contributed by atoms with van der Waals surface area (Å²) in [5.41, 5.74) is 3.50. The van der Waals surface area contributed by atoms with Gasteiger partial charge in [-0.1, -0.05) is 12.1 Å². The van der Waals surface area contributed by atoms with Crippen LogP contribution < -0.4 is 10.2 Å². The summed E-state index contributed by atoms with van der Waals surface area (Å²) in [6.45, 7) is -0.275. The van der Waals surface area contributed by atoms with Crippen molar-refractivity contribution >= 4 is 17.8 Å². The molecule has 0 radical (unpaired) electrons. The molecule has 120 valence electrons. The lowest BCUT2D eigenvalue weighted by atomic mass is 10.2. The second-order valence-corrected chi connectivity index (χ2v) is 4.57. The van der Waals surface area contributed by atoms with Crippen LogP contribution in [0.15, 0.2) is 53.6 Å². The summed E-state index contributed by atoms with van der Waals surface area (Å²) in [7, 11) is 0. The first-order chi connectivity index (χ1) is 11.6. The van der Waals surface area contributed by atoms with Gasteiger partial charge >= 0.3 is 0 Å². The van der Waals surface area contributed by atoms with Crippen LogP contribution in [0.25, 0.3) is 0 Å². The average Bonchev–Trinajstić information content (AvgIpc) is 2.61. The molecular formula is C16H12N4O4. The maximum atomic E-state index is 11.6. The first kappa shape index (κ1) is 16.6. The molecule has 0 aliphatic carbocycles. The summed E-state index contributed by atoms with van der Waals surface area (Å²) in [6.07, 6.45) is 1.44. The second-order valence-electron chi connectivity index (χ2n) is 4.57. The fraction of sp³-hybridized carbons (Fsp3) is 0.0625. The van der Waals surface area contributed by atoms with E-state index in [9.17, 15) is 14.9 Å². The minimum atomic E-state index is -0.519. The van der Waals surface area contributed by atoms with Gasteiger partial charge in [-0.15, -0.1) is 0 Å². The molecule has 2 aromatic rings. The molecule has 0 aliphatic heterocycles. The van der Waals surface area contributed by atoms with E-state index < -0.39 is 10.8 Å². The second kappa shape index (κ2) is 8.05. The Labute approximate surface area is 137 Å². The highest BCUT2D eigenvalue weighted by Crippen LogP contribution is 2.16. The number of nitro groups is 1. The highest BCUT2D eigenvalue weighted by atomic mass is 16.6. The molecule has 24 heavy (non-hydrogen) atoms. The predicted octanol–water partition coefficient (Wildman–Crippen LogP) is 2.00. The number of non-ortho nitro benzene ring substituents is 1. The molecule has 0 unspecified atom stereocenters. The highest BCUT2D eigenvalue weighted by molar-refractivity contribution is 5.83. The van der Waals surface area contributed by atoms with Crippen molar-refractivity contribution in [2.45, 2.75) is 0 Å². The van der Waals surface area contributed by atoms with Crippen molar-refractivity contribution in [3.05, 3.63) is 69.8 Å². The van der Waals surface area contributed by atoms with Gasteiger partial charge in [0.2, 0.25) is 0 Å². The van der Waals surface area contributed by atoms with Crippen LogP contribution in [0.2, 0.25) is 0 Å². The van der Waals surface area contributed by atoms with E-state index >= 15 is 0 Å². The number of carbonyl (C=O) groups is 1. The molecule has 0 bridgehead atoms. The molecule has 2 aromatic carbocycles. The molecule has 0 atom stereocenters. The number of hydrazone groups is 1. The first-order valence-electron chi connectivity index (χ1n) is 6.78. The van der Waals surface area contributed by atoms with E-state index in [1.807, 2.05) is 6.07 Å². The molecule has 0 aliphatic rings. The Kier molecular flexibility index (Phi) is 5.58. The fourth-order valence-corrected chi connectivity index (χ4v) is 1.67.